The number of benzene rings is 2. The highest BCUT2D eigenvalue weighted by Crippen LogP contribution is 2.34. The van der Waals surface area contributed by atoms with Gasteiger partial charge in [-0.3, -0.25) is 9.80 Å². The molecule has 2 fully saturated rings. The molecule has 132 valence electrons. The molecular weight excluding hydrogens is 312 g/mol. The summed E-state index contributed by atoms with van der Waals surface area (Å²) in [5.74, 6) is 0. The van der Waals surface area contributed by atoms with E-state index in [4.69, 9.17) is 4.74 Å². The van der Waals surface area contributed by atoms with E-state index in [1.165, 1.54) is 11.1 Å². The molecule has 2 aromatic carbocycles. The fourth-order valence-corrected chi connectivity index (χ4v) is 4.10. The van der Waals surface area contributed by atoms with Crippen LogP contribution < -0.4 is 0 Å². The van der Waals surface area contributed by atoms with Crippen LogP contribution in [0.3, 0.4) is 0 Å². The third-order valence-corrected chi connectivity index (χ3v) is 5.44. The van der Waals surface area contributed by atoms with Crippen LogP contribution in [-0.4, -0.2) is 66.4 Å². The quantitative estimate of drug-likeness (QED) is 0.906. The van der Waals surface area contributed by atoms with Crippen LogP contribution in [0.5, 0.6) is 0 Å². The van der Waals surface area contributed by atoms with Crippen molar-refractivity contribution in [2.24, 2.45) is 0 Å². The van der Waals surface area contributed by atoms with E-state index in [1.807, 2.05) is 0 Å². The number of hydrogen-bond acceptors (Lipinski definition) is 4. The molecule has 4 rings (SSSR count). The molecule has 0 radical (unpaired) electrons. The topological polar surface area (TPSA) is 35.9 Å². The third kappa shape index (κ3) is 3.48. The van der Waals surface area contributed by atoms with Crippen molar-refractivity contribution in [3.63, 3.8) is 0 Å². The Hall–Kier alpha value is -1.72. The Labute approximate surface area is 149 Å². The molecule has 0 saturated carbocycles. The third-order valence-electron chi connectivity index (χ3n) is 5.44. The van der Waals surface area contributed by atoms with E-state index in [0.717, 1.165) is 26.2 Å². The molecule has 2 aliphatic rings. The summed E-state index contributed by atoms with van der Waals surface area (Å²) in [5.41, 5.74) is 2.68. The Bertz CT molecular complexity index is 619. The maximum absolute atomic E-state index is 9.63. The summed E-state index contributed by atoms with van der Waals surface area (Å²) in [6.45, 7) is 4.58. The van der Waals surface area contributed by atoms with Crippen LogP contribution >= 0.6 is 0 Å². The molecule has 1 atom stereocenters. The molecule has 0 aliphatic carbocycles. The predicted octanol–water partition coefficient (Wildman–Crippen LogP) is 2.15. The van der Waals surface area contributed by atoms with Gasteiger partial charge in [0.05, 0.1) is 31.9 Å². The standard InChI is InChI=1S/C21H26N2O2/c24-15-20-16-25-12-11-23(20)19-13-22(14-19)21(17-7-3-1-4-8-17)18-9-5-2-6-10-18/h1-10,19-21,24H,11-16H2/t20-/m1/s1. The summed E-state index contributed by atoms with van der Waals surface area (Å²) in [4.78, 5) is 4.98. The van der Waals surface area contributed by atoms with Gasteiger partial charge in [-0.25, -0.2) is 0 Å². The second-order valence-corrected chi connectivity index (χ2v) is 6.98. The van der Waals surface area contributed by atoms with Crippen molar-refractivity contribution in [1.29, 1.82) is 0 Å². The van der Waals surface area contributed by atoms with Gasteiger partial charge in [0, 0.05) is 25.7 Å². The molecule has 2 aliphatic heterocycles. The summed E-state index contributed by atoms with van der Waals surface area (Å²) >= 11 is 0. The zero-order valence-electron chi connectivity index (χ0n) is 14.5. The first-order chi connectivity index (χ1) is 12.4. The minimum Gasteiger partial charge on any atom is -0.395 e. The fraction of sp³-hybridized carbons (Fsp3) is 0.429. The number of likely N-dealkylation sites (tertiary alicyclic amines) is 1. The minimum atomic E-state index is 0.146. The molecule has 0 spiro atoms. The van der Waals surface area contributed by atoms with Gasteiger partial charge in [0.1, 0.15) is 0 Å². The largest absolute Gasteiger partial charge is 0.395 e. The molecule has 4 nitrogen and oxygen atoms in total. The van der Waals surface area contributed by atoms with Gasteiger partial charge in [-0.1, -0.05) is 60.7 Å². The fourth-order valence-electron chi connectivity index (χ4n) is 4.10. The van der Waals surface area contributed by atoms with Gasteiger partial charge in [0.25, 0.3) is 0 Å². The van der Waals surface area contributed by atoms with Crippen LogP contribution in [0.25, 0.3) is 0 Å². The van der Waals surface area contributed by atoms with E-state index in [2.05, 4.69) is 70.5 Å². The van der Waals surface area contributed by atoms with Gasteiger partial charge in [-0.2, -0.15) is 0 Å². The summed E-state index contributed by atoms with van der Waals surface area (Å²) < 4.78 is 5.52. The lowest BCUT2D eigenvalue weighted by molar-refractivity contribution is -0.0868. The molecule has 0 unspecified atom stereocenters. The zero-order valence-corrected chi connectivity index (χ0v) is 14.5. The van der Waals surface area contributed by atoms with Crippen molar-refractivity contribution in [2.45, 2.75) is 18.1 Å². The van der Waals surface area contributed by atoms with Gasteiger partial charge in [-0.05, 0) is 11.1 Å². The molecular formula is C21H26N2O2. The maximum atomic E-state index is 9.63. The monoisotopic (exact) mass is 338 g/mol. The number of morpholine rings is 1. The Morgan fingerprint density at radius 3 is 2.12 bits per heavy atom. The smallest absolute Gasteiger partial charge is 0.0645 e. The van der Waals surface area contributed by atoms with Crippen molar-refractivity contribution in [3.8, 4) is 0 Å². The lowest BCUT2D eigenvalue weighted by Gasteiger charge is -2.52. The van der Waals surface area contributed by atoms with Crippen molar-refractivity contribution >= 4 is 0 Å². The number of aliphatic hydroxyl groups is 1. The second kappa shape index (κ2) is 7.67. The van der Waals surface area contributed by atoms with Crippen molar-refractivity contribution in [3.05, 3.63) is 71.8 Å². The van der Waals surface area contributed by atoms with Crippen molar-refractivity contribution in [1.82, 2.24) is 9.80 Å². The molecule has 4 heteroatoms. The normalized spacial score (nSPS) is 22.9. The van der Waals surface area contributed by atoms with Gasteiger partial charge in [0.15, 0.2) is 0 Å². The second-order valence-electron chi connectivity index (χ2n) is 6.98. The van der Waals surface area contributed by atoms with Gasteiger partial charge >= 0.3 is 0 Å². The first-order valence-corrected chi connectivity index (χ1v) is 9.15. The SMILES string of the molecule is OC[C@@H]1COCCN1C1CN(C(c2ccccc2)c2ccccc2)C1. The Balaban J connectivity index is 1.51. The molecule has 0 amide bonds. The number of nitrogens with zero attached hydrogens (tertiary/aromatic N) is 2. The first kappa shape index (κ1) is 16.7. The van der Waals surface area contributed by atoms with Crippen LogP contribution in [0.1, 0.15) is 17.2 Å². The highest BCUT2D eigenvalue weighted by molar-refractivity contribution is 5.32. The van der Waals surface area contributed by atoms with Crippen molar-refractivity contribution in [2.75, 3.05) is 39.5 Å². The molecule has 0 bridgehead atoms. The van der Waals surface area contributed by atoms with Crippen LogP contribution in [-0.2, 0) is 4.74 Å². The van der Waals surface area contributed by atoms with Crippen LogP contribution in [0, 0.1) is 0 Å². The Kier molecular flexibility index (Phi) is 5.13. The summed E-state index contributed by atoms with van der Waals surface area (Å²) in [6.07, 6.45) is 0. The average molecular weight is 338 g/mol. The van der Waals surface area contributed by atoms with Crippen molar-refractivity contribution < 1.29 is 9.84 Å². The van der Waals surface area contributed by atoms with E-state index in [1.54, 1.807) is 0 Å². The van der Waals surface area contributed by atoms with Crippen LogP contribution in [0.2, 0.25) is 0 Å². The Morgan fingerprint density at radius 1 is 0.960 bits per heavy atom. The molecule has 1 N–H and O–H groups in total. The minimum absolute atomic E-state index is 0.146. The van der Waals surface area contributed by atoms with E-state index in [0.29, 0.717) is 18.7 Å². The number of hydrogen-bond donors (Lipinski definition) is 1. The Morgan fingerprint density at radius 2 is 1.56 bits per heavy atom. The average Bonchev–Trinajstić information content (AvgIpc) is 2.66. The number of rotatable bonds is 5. The molecule has 2 heterocycles. The van der Waals surface area contributed by atoms with E-state index in [-0.39, 0.29) is 12.6 Å². The van der Waals surface area contributed by atoms with E-state index >= 15 is 0 Å². The maximum Gasteiger partial charge on any atom is 0.0645 e. The molecule has 25 heavy (non-hydrogen) atoms. The van der Waals surface area contributed by atoms with Crippen LogP contribution in [0.15, 0.2) is 60.7 Å². The summed E-state index contributed by atoms with van der Waals surface area (Å²) in [7, 11) is 0. The number of aliphatic hydroxyl groups excluding tert-OH is 1. The molecule has 0 aromatic heterocycles. The van der Waals surface area contributed by atoms with Gasteiger partial charge < -0.3 is 9.84 Å². The van der Waals surface area contributed by atoms with Gasteiger partial charge in [0.2, 0.25) is 0 Å². The number of ether oxygens (including phenoxy) is 1. The zero-order chi connectivity index (χ0) is 17.1. The molecule has 2 aromatic rings. The summed E-state index contributed by atoms with van der Waals surface area (Å²) in [6, 6.07) is 22.4. The predicted molar refractivity (Wildman–Crippen MR) is 98.5 cm³/mol. The highest BCUT2D eigenvalue weighted by atomic mass is 16.5. The van der Waals surface area contributed by atoms with E-state index in [9.17, 15) is 5.11 Å². The van der Waals surface area contributed by atoms with Gasteiger partial charge in [-0.15, -0.1) is 0 Å². The first-order valence-electron chi connectivity index (χ1n) is 9.15. The lowest BCUT2D eigenvalue weighted by atomic mass is 9.92. The van der Waals surface area contributed by atoms with Crippen LogP contribution in [0.4, 0.5) is 0 Å². The lowest BCUT2D eigenvalue weighted by Crippen LogP contribution is -2.65. The summed E-state index contributed by atoms with van der Waals surface area (Å²) in [5, 5.41) is 9.63. The molecule has 2 saturated heterocycles. The van der Waals surface area contributed by atoms with E-state index < -0.39 is 0 Å². The highest BCUT2D eigenvalue weighted by Gasteiger charge is 2.40.